The van der Waals surface area contributed by atoms with E-state index in [1.165, 1.54) is 16.2 Å². The van der Waals surface area contributed by atoms with Crippen LogP contribution in [0, 0.1) is 0 Å². The second-order valence-corrected chi connectivity index (χ2v) is 5.38. The zero-order valence-corrected chi connectivity index (χ0v) is 14.1. The van der Waals surface area contributed by atoms with Crippen LogP contribution in [-0.4, -0.2) is 38.7 Å². The Kier molecular flexibility index (Phi) is 4.78. The summed E-state index contributed by atoms with van der Waals surface area (Å²) < 4.78 is 7.79. The summed E-state index contributed by atoms with van der Waals surface area (Å²) in [4.78, 5) is 30.5. The molecule has 0 fully saturated rings. The standard InChI is InChI=1S/C17H19N5O3/c1-3-20(13-7-8-15(25-2)18-12-13)16(23)9-11-22-17(24)21-10-5-4-6-14(21)19-22/h4-8,10,12H,3,9,11H2,1-2H3. The first kappa shape index (κ1) is 16.7. The molecule has 130 valence electrons. The lowest BCUT2D eigenvalue weighted by atomic mass is 10.3. The molecule has 0 bridgehead atoms. The average Bonchev–Trinajstić information content (AvgIpc) is 2.97. The van der Waals surface area contributed by atoms with E-state index in [4.69, 9.17) is 4.74 Å². The zero-order valence-electron chi connectivity index (χ0n) is 14.1. The van der Waals surface area contributed by atoms with Gasteiger partial charge in [0.25, 0.3) is 0 Å². The van der Waals surface area contributed by atoms with Crippen molar-refractivity contribution < 1.29 is 9.53 Å². The summed E-state index contributed by atoms with van der Waals surface area (Å²) in [6.45, 7) is 2.62. The summed E-state index contributed by atoms with van der Waals surface area (Å²) >= 11 is 0. The molecule has 0 aliphatic rings. The Bertz CT molecular complexity index is 929. The number of methoxy groups -OCH3 is 1. The van der Waals surface area contributed by atoms with Gasteiger partial charge in [0.15, 0.2) is 5.65 Å². The van der Waals surface area contributed by atoms with E-state index in [9.17, 15) is 9.59 Å². The van der Waals surface area contributed by atoms with Gasteiger partial charge >= 0.3 is 5.69 Å². The molecule has 3 rings (SSSR count). The number of aromatic nitrogens is 4. The van der Waals surface area contributed by atoms with E-state index in [2.05, 4.69) is 10.1 Å². The normalized spacial score (nSPS) is 10.8. The van der Waals surface area contributed by atoms with Gasteiger partial charge in [-0.15, -0.1) is 5.10 Å². The zero-order chi connectivity index (χ0) is 17.8. The molecule has 3 aromatic rings. The maximum atomic E-state index is 12.5. The Balaban J connectivity index is 1.73. The van der Waals surface area contributed by atoms with Crippen molar-refractivity contribution in [1.29, 1.82) is 0 Å². The van der Waals surface area contributed by atoms with Gasteiger partial charge in [-0.3, -0.25) is 9.20 Å². The lowest BCUT2D eigenvalue weighted by Gasteiger charge is -2.20. The third kappa shape index (κ3) is 3.37. The predicted molar refractivity (Wildman–Crippen MR) is 92.9 cm³/mol. The van der Waals surface area contributed by atoms with Gasteiger partial charge in [0.1, 0.15) is 0 Å². The monoisotopic (exact) mass is 341 g/mol. The van der Waals surface area contributed by atoms with Crippen LogP contribution in [0.5, 0.6) is 5.88 Å². The molecule has 8 nitrogen and oxygen atoms in total. The van der Waals surface area contributed by atoms with Gasteiger partial charge in [0.2, 0.25) is 11.8 Å². The minimum Gasteiger partial charge on any atom is -0.481 e. The molecule has 0 atom stereocenters. The van der Waals surface area contributed by atoms with Crippen molar-refractivity contribution in [3.8, 4) is 5.88 Å². The fraction of sp³-hybridized carbons (Fsp3) is 0.294. The summed E-state index contributed by atoms with van der Waals surface area (Å²) in [5.41, 5.74) is 1.000. The van der Waals surface area contributed by atoms with Gasteiger partial charge in [-0.25, -0.2) is 14.5 Å². The van der Waals surface area contributed by atoms with Crippen LogP contribution in [0.15, 0.2) is 47.5 Å². The smallest absolute Gasteiger partial charge is 0.350 e. The second kappa shape index (κ2) is 7.16. The number of rotatable bonds is 6. The Labute approximate surface area is 144 Å². The predicted octanol–water partition coefficient (Wildman–Crippen LogP) is 1.34. The van der Waals surface area contributed by atoms with E-state index in [1.54, 1.807) is 41.6 Å². The maximum absolute atomic E-state index is 12.5. The van der Waals surface area contributed by atoms with E-state index >= 15 is 0 Å². The topological polar surface area (TPSA) is 81.7 Å². The summed E-state index contributed by atoms with van der Waals surface area (Å²) in [6, 6.07) is 8.82. The second-order valence-electron chi connectivity index (χ2n) is 5.38. The van der Waals surface area contributed by atoms with Crippen molar-refractivity contribution in [2.45, 2.75) is 19.9 Å². The van der Waals surface area contributed by atoms with Crippen LogP contribution in [0.4, 0.5) is 5.69 Å². The molecule has 0 spiro atoms. The van der Waals surface area contributed by atoms with Crippen LogP contribution in [-0.2, 0) is 11.3 Å². The quantitative estimate of drug-likeness (QED) is 0.676. The molecule has 0 aliphatic carbocycles. The molecule has 3 heterocycles. The fourth-order valence-corrected chi connectivity index (χ4v) is 2.61. The Morgan fingerprint density at radius 1 is 1.28 bits per heavy atom. The van der Waals surface area contributed by atoms with E-state index in [0.29, 0.717) is 23.8 Å². The number of nitrogens with zero attached hydrogens (tertiary/aromatic N) is 5. The van der Waals surface area contributed by atoms with Gasteiger partial charge in [0, 0.05) is 25.2 Å². The molecule has 0 aliphatic heterocycles. The van der Waals surface area contributed by atoms with Crippen molar-refractivity contribution in [2.75, 3.05) is 18.6 Å². The molecule has 0 saturated heterocycles. The van der Waals surface area contributed by atoms with Gasteiger partial charge in [-0.2, -0.15) is 0 Å². The highest BCUT2D eigenvalue weighted by Crippen LogP contribution is 2.17. The van der Waals surface area contributed by atoms with Crippen LogP contribution >= 0.6 is 0 Å². The molecule has 0 saturated carbocycles. The van der Waals surface area contributed by atoms with Crippen molar-refractivity contribution in [1.82, 2.24) is 19.2 Å². The highest BCUT2D eigenvalue weighted by molar-refractivity contribution is 5.93. The number of ether oxygens (including phenoxy) is 1. The SMILES string of the molecule is CCN(C(=O)CCn1nc2ccccn2c1=O)c1ccc(OC)nc1. The van der Waals surface area contributed by atoms with Crippen LogP contribution in [0.1, 0.15) is 13.3 Å². The number of aryl methyl sites for hydroxylation is 1. The van der Waals surface area contributed by atoms with Crippen LogP contribution in [0.3, 0.4) is 0 Å². The molecule has 0 unspecified atom stereocenters. The minimum absolute atomic E-state index is 0.0987. The number of anilines is 1. The third-order valence-corrected chi connectivity index (χ3v) is 3.88. The number of carbonyl (C=O) groups excluding carboxylic acids is 1. The molecule has 8 heteroatoms. The third-order valence-electron chi connectivity index (χ3n) is 3.88. The number of hydrogen-bond donors (Lipinski definition) is 0. The number of amides is 1. The van der Waals surface area contributed by atoms with E-state index in [-0.39, 0.29) is 24.6 Å². The number of pyridine rings is 2. The average molecular weight is 341 g/mol. The highest BCUT2D eigenvalue weighted by Gasteiger charge is 2.16. The minimum atomic E-state index is -0.252. The molecule has 3 aromatic heterocycles. The maximum Gasteiger partial charge on any atom is 0.350 e. The van der Waals surface area contributed by atoms with Crippen molar-refractivity contribution in [3.05, 3.63) is 53.2 Å². The molecule has 0 aromatic carbocycles. The van der Waals surface area contributed by atoms with E-state index in [1.807, 2.05) is 13.0 Å². The van der Waals surface area contributed by atoms with Crippen molar-refractivity contribution >= 4 is 17.2 Å². The summed E-state index contributed by atoms with van der Waals surface area (Å²) in [5.74, 6) is 0.391. The Hall–Kier alpha value is -3.16. The molecular weight excluding hydrogens is 322 g/mol. The fourth-order valence-electron chi connectivity index (χ4n) is 2.61. The molecule has 1 amide bonds. The van der Waals surface area contributed by atoms with E-state index < -0.39 is 0 Å². The van der Waals surface area contributed by atoms with Crippen LogP contribution in [0.25, 0.3) is 5.65 Å². The Morgan fingerprint density at radius 2 is 2.12 bits per heavy atom. The first-order valence-electron chi connectivity index (χ1n) is 7.98. The van der Waals surface area contributed by atoms with Gasteiger partial charge in [0.05, 0.1) is 25.5 Å². The number of fused-ring (bicyclic) bond motifs is 1. The van der Waals surface area contributed by atoms with Crippen molar-refractivity contribution in [3.63, 3.8) is 0 Å². The summed E-state index contributed by atoms with van der Waals surface area (Å²) in [7, 11) is 1.54. The first-order chi connectivity index (χ1) is 12.1. The largest absolute Gasteiger partial charge is 0.481 e. The number of carbonyl (C=O) groups is 1. The molecule has 25 heavy (non-hydrogen) atoms. The van der Waals surface area contributed by atoms with Crippen LogP contribution in [0.2, 0.25) is 0 Å². The van der Waals surface area contributed by atoms with Gasteiger partial charge < -0.3 is 9.64 Å². The summed E-state index contributed by atoms with van der Waals surface area (Å²) in [5, 5.41) is 4.23. The first-order valence-corrected chi connectivity index (χ1v) is 7.98. The molecule has 0 radical (unpaired) electrons. The lowest BCUT2D eigenvalue weighted by Crippen LogP contribution is -2.32. The lowest BCUT2D eigenvalue weighted by molar-refractivity contribution is -0.118. The molecular formula is C17H19N5O3. The van der Waals surface area contributed by atoms with Crippen LogP contribution < -0.4 is 15.3 Å². The van der Waals surface area contributed by atoms with Crippen molar-refractivity contribution in [2.24, 2.45) is 0 Å². The summed E-state index contributed by atoms with van der Waals surface area (Å²) in [6.07, 6.45) is 3.42. The molecule has 0 N–H and O–H groups in total. The van der Waals surface area contributed by atoms with E-state index in [0.717, 1.165) is 0 Å². The number of hydrogen-bond acceptors (Lipinski definition) is 5. The van der Waals surface area contributed by atoms with Gasteiger partial charge in [-0.1, -0.05) is 6.07 Å². The van der Waals surface area contributed by atoms with Gasteiger partial charge in [-0.05, 0) is 25.1 Å². The highest BCUT2D eigenvalue weighted by atomic mass is 16.5. The Morgan fingerprint density at radius 3 is 2.76 bits per heavy atom.